The number of benzene rings is 2. The van der Waals surface area contributed by atoms with Gasteiger partial charge in [0.15, 0.2) is 0 Å². The first-order chi connectivity index (χ1) is 15.1. The molecular formula is C26H36O6. The number of rotatable bonds is 9. The van der Waals surface area contributed by atoms with Crippen LogP contribution < -0.4 is 0 Å². The highest BCUT2D eigenvalue weighted by atomic mass is 17.2. The van der Waals surface area contributed by atoms with Gasteiger partial charge in [0, 0.05) is 0 Å². The van der Waals surface area contributed by atoms with Crippen LogP contribution in [0.1, 0.15) is 93.5 Å². The van der Waals surface area contributed by atoms with Crippen molar-refractivity contribution >= 4 is 11.9 Å². The van der Waals surface area contributed by atoms with Crippen molar-refractivity contribution in [2.24, 2.45) is 0 Å². The molecule has 0 heterocycles. The number of carbonyl (C=O) groups excluding carboxylic acids is 2. The fourth-order valence-corrected chi connectivity index (χ4v) is 3.48. The predicted molar refractivity (Wildman–Crippen MR) is 124 cm³/mol. The molecule has 0 aliphatic rings. The number of carbonyl (C=O) groups is 2. The maximum absolute atomic E-state index is 11.5. The van der Waals surface area contributed by atoms with Crippen molar-refractivity contribution < 1.29 is 29.5 Å². The van der Waals surface area contributed by atoms with Gasteiger partial charge in [-0.25, -0.2) is 9.59 Å². The minimum absolute atomic E-state index is 0.0977. The molecule has 2 aromatic rings. The van der Waals surface area contributed by atoms with Gasteiger partial charge in [-0.15, -0.1) is 0 Å². The molecule has 0 bridgehead atoms. The highest BCUT2D eigenvalue weighted by molar-refractivity contribution is 5.91. The molecule has 0 radical (unpaired) electrons. The smallest absolute Gasteiger partial charge is 0.295 e. The zero-order valence-corrected chi connectivity index (χ0v) is 20.0. The van der Waals surface area contributed by atoms with Crippen LogP contribution in [-0.4, -0.2) is 22.8 Å². The minimum Gasteiger partial charge on any atom is -0.295 e. The van der Waals surface area contributed by atoms with Crippen LogP contribution in [0.15, 0.2) is 54.6 Å². The maximum atomic E-state index is 11.5. The van der Waals surface area contributed by atoms with Crippen molar-refractivity contribution in [3.05, 3.63) is 71.3 Å². The van der Waals surface area contributed by atoms with Crippen molar-refractivity contribution in [3.63, 3.8) is 0 Å². The molecule has 0 atom stereocenters. The summed E-state index contributed by atoms with van der Waals surface area (Å²) in [5.74, 6) is -1.15. The van der Waals surface area contributed by atoms with E-state index < -0.39 is 17.5 Å². The fraction of sp³-hybridized carbons (Fsp3) is 0.462. The van der Waals surface area contributed by atoms with Crippen LogP contribution in [-0.2, 0) is 20.1 Å². The Kier molecular flexibility index (Phi) is 11.1. The molecule has 0 aliphatic heterocycles. The van der Waals surface area contributed by atoms with Crippen LogP contribution in [0.3, 0.4) is 0 Å². The number of hydrogen-bond donors (Lipinski definition) is 1. The SMILES string of the molecule is CCCC(C)(C)OOC(=O)c1ccccc1.CCCC(C)(C)c1ccccc1C(=O)OO. The van der Waals surface area contributed by atoms with Gasteiger partial charge in [0.2, 0.25) is 0 Å². The third-order valence-electron chi connectivity index (χ3n) is 5.04. The van der Waals surface area contributed by atoms with E-state index in [1.807, 2.05) is 32.0 Å². The van der Waals surface area contributed by atoms with E-state index in [0.29, 0.717) is 11.1 Å². The van der Waals surface area contributed by atoms with E-state index in [9.17, 15) is 9.59 Å². The van der Waals surface area contributed by atoms with Crippen LogP contribution in [0.5, 0.6) is 0 Å². The molecule has 0 saturated heterocycles. The second-order valence-electron chi connectivity index (χ2n) is 8.89. The molecule has 0 spiro atoms. The third kappa shape index (κ3) is 8.81. The summed E-state index contributed by atoms with van der Waals surface area (Å²) in [5, 5.41) is 8.46. The van der Waals surface area contributed by atoms with Crippen molar-refractivity contribution in [2.45, 2.75) is 78.2 Å². The summed E-state index contributed by atoms with van der Waals surface area (Å²) >= 11 is 0. The zero-order chi connectivity index (χ0) is 24.2. The Bertz CT molecular complexity index is 842. The molecule has 2 rings (SSSR count). The van der Waals surface area contributed by atoms with E-state index in [4.69, 9.17) is 15.0 Å². The fourth-order valence-electron chi connectivity index (χ4n) is 3.48. The lowest BCUT2D eigenvalue weighted by Crippen LogP contribution is -2.26. The Morgan fingerprint density at radius 3 is 1.94 bits per heavy atom. The lowest BCUT2D eigenvalue weighted by atomic mass is 9.78. The predicted octanol–water partition coefficient (Wildman–Crippen LogP) is 6.75. The van der Waals surface area contributed by atoms with Gasteiger partial charge < -0.3 is 0 Å². The summed E-state index contributed by atoms with van der Waals surface area (Å²) < 4.78 is 0. The topological polar surface area (TPSA) is 82.1 Å². The third-order valence-corrected chi connectivity index (χ3v) is 5.04. The molecular weight excluding hydrogens is 408 g/mol. The van der Waals surface area contributed by atoms with Gasteiger partial charge in [-0.3, -0.25) is 9.78 Å². The van der Waals surface area contributed by atoms with Gasteiger partial charge in [0.1, 0.15) is 5.60 Å². The van der Waals surface area contributed by atoms with E-state index in [0.717, 1.165) is 31.2 Å². The van der Waals surface area contributed by atoms with Crippen LogP contribution in [0, 0.1) is 0 Å². The van der Waals surface area contributed by atoms with Gasteiger partial charge in [-0.1, -0.05) is 76.9 Å². The Balaban J connectivity index is 0.000000320. The van der Waals surface area contributed by atoms with Crippen LogP contribution in [0.2, 0.25) is 0 Å². The number of hydrogen-bond acceptors (Lipinski definition) is 6. The van der Waals surface area contributed by atoms with E-state index in [-0.39, 0.29) is 5.41 Å². The largest absolute Gasteiger partial charge is 0.373 e. The standard InChI is InChI=1S/2C13H18O3/c1-4-10-13(2,3)16-15-12(14)11-8-6-5-7-9-11;1-4-9-13(2,3)11-8-6-5-7-10(11)12(14)16-15/h5-9H,4,10H2,1-3H3;5-8,15H,4,9H2,1-3H3. The minimum atomic E-state index is -0.695. The van der Waals surface area contributed by atoms with E-state index >= 15 is 0 Å². The molecule has 0 aromatic heterocycles. The van der Waals surface area contributed by atoms with Crippen molar-refractivity contribution in [2.75, 3.05) is 0 Å². The van der Waals surface area contributed by atoms with Crippen molar-refractivity contribution in [1.82, 2.24) is 0 Å². The second kappa shape index (κ2) is 13.0. The van der Waals surface area contributed by atoms with Crippen molar-refractivity contribution in [1.29, 1.82) is 0 Å². The van der Waals surface area contributed by atoms with Gasteiger partial charge in [0.25, 0.3) is 0 Å². The Morgan fingerprint density at radius 1 is 0.812 bits per heavy atom. The zero-order valence-electron chi connectivity index (χ0n) is 20.0. The van der Waals surface area contributed by atoms with Gasteiger partial charge in [-0.05, 0) is 55.9 Å². The van der Waals surface area contributed by atoms with E-state index in [1.165, 1.54) is 0 Å². The summed E-state index contributed by atoms with van der Waals surface area (Å²) in [6, 6.07) is 16.0. The summed E-state index contributed by atoms with van der Waals surface area (Å²) in [4.78, 5) is 36.7. The highest BCUT2D eigenvalue weighted by Gasteiger charge is 2.25. The Morgan fingerprint density at radius 2 is 1.38 bits per heavy atom. The normalized spacial score (nSPS) is 11.2. The maximum Gasteiger partial charge on any atom is 0.373 e. The molecule has 6 heteroatoms. The molecule has 0 amide bonds. The van der Waals surface area contributed by atoms with Crippen molar-refractivity contribution in [3.8, 4) is 0 Å². The molecule has 32 heavy (non-hydrogen) atoms. The van der Waals surface area contributed by atoms with Gasteiger partial charge in [0.05, 0.1) is 11.1 Å². The van der Waals surface area contributed by atoms with Gasteiger partial charge in [-0.2, -0.15) is 10.1 Å². The van der Waals surface area contributed by atoms with Crippen LogP contribution >= 0.6 is 0 Å². The second-order valence-corrected chi connectivity index (χ2v) is 8.89. The lowest BCUT2D eigenvalue weighted by molar-refractivity contribution is -0.308. The first kappa shape index (κ1) is 27.3. The summed E-state index contributed by atoms with van der Waals surface area (Å²) in [7, 11) is 0. The Labute approximate surface area is 191 Å². The van der Waals surface area contributed by atoms with E-state index in [2.05, 4.69) is 32.6 Å². The van der Waals surface area contributed by atoms with Crippen LogP contribution in [0.4, 0.5) is 0 Å². The molecule has 1 N–H and O–H groups in total. The molecule has 0 fully saturated rings. The first-order valence-corrected chi connectivity index (χ1v) is 11.0. The van der Waals surface area contributed by atoms with Gasteiger partial charge >= 0.3 is 11.9 Å². The van der Waals surface area contributed by atoms with E-state index in [1.54, 1.807) is 36.4 Å². The summed E-state index contributed by atoms with van der Waals surface area (Å²) in [6.45, 7) is 12.1. The highest BCUT2D eigenvalue weighted by Crippen LogP contribution is 2.31. The first-order valence-electron chi connectivity index (χ1n) is 11.0. The molecule has 6 nitrogen and oxygen atoms in total. The molecule has 0 saturated carbocycles. The average molecular weight is 445 g/mol. The molecule has 0 aliphatic carbocycles. The molecule has 176 valence electrons. The van der Waals surface area contributed by atoms with Crippen LogP contribution in [0.25, 0.3) is 0 Å². The summed E-state index contributed by atoms with van der Waals surface area (Å²) in [6.07, 6.45) is 3.84. The quantitative estimate of drug-likeness (QED) is 0.340. The Hall–Kier alpha value is -2.70. The average Bonchev–Trinajstić information content (AvgIpc) is 2.78. The summed E-state index contributed by atoms with van der Waals surface area (Å²) in [5.41, 5.74) is 1.31. The molecule has 0 unspecified atom stereocenters. The monoisotopic (exact) mass is 444 g/mol. The molecule has 2 aromatic carbocycles. The lowest BCUT2D eigenvalue weighted by Gasteiger charge is -2.26.